The van der Waals surface area contributed by atoms with Crippen LogP contribution in [0.1, 0.15) is 21.7 Å². The number of carbonyl (C=O) groups excluding carboxylic acids is 1. The number of piperazine rings is 1. The molecule has 1 fully saturated rings. The van der Waals surface area contributed by atoms with Crippen molar-refractivity contribution >= 4 is 17.5 Å². The number of aryl methyl sites for hydroxylation is 1. The summed E-state index contributed by atoms with van der Waals surface area (Å²) in [5.74, 6) is -0.341. The molecule has 0 atom stereocenters. The molecule has 0 saturated carbocycles. The second-order valence-corrected chi connectivity index (χ2v) is 6.34. The smallest absolute Gasteiger partial charge is 0.272 e. The Morgan fingerprint density at radius 1 is 1.17 bits per heavy atom. The number of carbonyl (C=O) groups is 1. The van der Waals surface area contributed by atoms with Gasteiger partial charge in [0.25, 0.3) is 5.91 Å². The molecule has 4 nitrogen and oxygen atoms in total. The number of benzene rings is 1. The fourth-order valence-electron chi connectivity index (χ4n) is 2.84. The Kier molecular flexibility index (Phi) is 5.11. The summed E-state index contributed by atoms with van der Waals surface area (Å²) >= 11 is 6.08. The SMILES string of the molecule is Cc1cccc(C(=O)N2CCN(Cc3c(F)cccc3Cl)CC2)n1. The topological polar surface area (TPSA) is 36.4 Å². The van der Waals surface area contributed by atoms with Gasteiger partial charge in [0.15, 0.2) is 0 Å². The minimum Gasteiger partial charge on any atom is -0.335 e. The van der Waals surface area contributed by atoms with Crippen LogP contribution in [-0.2, 0) is 6.54 Å². The first-order valence-electron chi connectivity index (χ1n) is 7.93. The lowest BCUT2D eigenvalue weighted by molar-refractivity contribution is 0.0621. The Balaban J connectivity index is 1.61. The molecule has 1 aliphatic heterocycles. The summed E-state index contributed by atoms with van der Waals surface area (Å²) < 4.78 is 13.9. The second kappa shape index (κ2) is 7.28. The summed E-state index contributed by atoms with van der Waals surface area (Å²) in [6.07, 6.45) is 0. The molecule has 2 heterocycles. The van der Waals surface area contributed by atoms with Crippen molar-refractivity contribution < 1.29 is 9.18 Å². The van der Waals surface area contributed by atoms with Gasteiger partial charge in [-0.3, -0.25) is 9.69 Å². The third-order valence-corrected chi connectivity index (χ3v) is 4.56. The number of nitrogens with zero attached hydrogens (tertiary/aromatic N) is 3. The maximum absolute atomic E-state index is 13.9. The highest BCUT2D eigenvalue weighted by molar-refractivity contribution is 6.31. The zero-order valence-electron chi connectivity index (χ0n) is 13.5. The highest BCUT2D eigenvalue weighted by atomic mass is 35.5. The number of amides is 1. The van der Waals surface area contributed by atoms with Crippen LogP contribution in [0.15, 0.2) is 36.4 Å². The highest BCUT2D eigenvalue weighted by Crippen LogP contribution is 2.21. The summed E-state index contributed by atoms with van der Waals surface area (Å²) in [5, 5.41) is 0.442. The maximum atomic E-state index is 13.9. The molecular formula is C18H19ClFN3O. The molecule has 0 N–H and O–H groups in total. The molecule has 3 rings (SSSR count). The first-order chi connectivity index (χ1) is 11.5. The van der Waals surface area contributed by atoms with Crippen molar-refractivity contribution in [3.05, 3.63) is 64.2 Å². The standard InChI is InChI=1S/C18H19ClFN3O/c1-13-4-2-7-17(21-13)18(24)23-10-8-22(9-11-23)12-14-15(19)5-3-6-16(14)20/h2-7H,8-12H2,1H3. The minimum absolute atomic E-state index is 0.0534. The Labute approximate surface area is 145 Å². The quantitative estimate of drug-likeness (QED) is 0.855. The minimum atomic E-state index is -0.287. The summed E-state index contributed by atoms with van der Waals surface area (Å²) in [6.45, 7) is 4.88. The number of hydrogen-bond acceptors (Lipinski definition) is 3. The average Bonchev–Trinajstić information content (AvgIpc) is 2.58. The van der Waals surface area contributed by atoms with Crippen molar-refractivity contribution in [1.82, 2.24) is 14.8 Å². The van der Waals surface area contributed by atoms with Crippen molar-refractivity contribution in [1.29, 1.82) is 0 Å². The third-order valence-electron chi connectivity index (χ3n) is 4.21. The van der Waals surface area contributed by atoms with E-state index in [0.29, 0.717) is 49.0 Å². The zero-order valence-corrected chi connectivity index (χ0v) is 14.3. The van der Waals surface area contributed by atoms with Crippen LogP contribution >= 0.6 is 11.6 Å². The molecule has 1 aromatic heterocycles. The molecule has 0 unspecified atom stereocenters. The van der Waals surface area contributed by atoms with Gasteiger partial charge in [0.1, 0.15) is 11.5 Å². The van der Waals surface area contributed by atoms with Gasteiger partial charge in [-0.25, -0.2) is 9.37 Å². The highest BCUT2D eigenvalue weighted by Gasteiger charge is 2.24. The lowest BCUT2D eigenvalue weighted by atomic mass is 10.1. The van der Waals surface area contributed by atoms with Crippen molar-refractivity contribution in [2.75, 3.05) is 26.2 Å². The van der Waals surface area contributed by atoms with E-state index >= 15 is 0 Å². The normalized spacial score (nSPS) is 15.5. The van der Waals surface area contributed by atoms with E-state index in [2.05, 4.69) is 9.88 Å². The van der Waals surface area contributed by atoms with Gasteiger partial charge in [-0.15, -0.1) is 0 Å². The molecule has 6 heteroatoms. The van der Waals surface area contributed by atoms with Crippen LogP contribution in [0.25, 0.3) is 0 Å². The molecule has 0 radical (unpaired) electrons. The number of halogens is 2. The summed E-state index contributed by atoms with van der Waals surface area (Å²) in [7, 11) is 0. The van der Waals surface area contributed by atoms with Crippen LogP contribution in [0, 0.1) is 12.7 Å². The van der Waals surface area contributed by atoms with Crippen LogP contribution in [0.5, 0.6) is 0 Å². The van der Waals surface area contributed by atoms with Crippen molar-refractivity contribution in [3.8, 4) is 0 Å². The van der Waals surface area contributed by atoms with Gasteiger partial charge >= 0.3 is 0 Å². The zero-order chi connectivity index (χ0) is 17.1. The summed E-state index contributed by atoms with van der Waals surface area (Å²) in [4.78, 5) is 20.7. The second-order valence-electron chi connectivity index (χ2n) is 5.93. The number of hydrogen-bond donors (Lipinski definition) is 0. The van der Waals surface area contributed by atoms with Gasteiger partial charge < -0.3 is 4.90 Å². The van der Waals surface area contributed by atoms with Gasteiger partial charge in [-0.2, -0.15) is 0 Å². The summed E-state index contributed by atoms with van der Waals surface area (Å²) in [5.41, 5.74) is 1.81. The van der Waals surface area contributed by atoms with Crippen LogP contribution in [0.3, 0.4) is 0 Å². The predicted molar refractivity (Wildman–Crippen MR) is 91.6 cm³/mol. The van der Waals surface area contributed by atoms with E-state index in [4.69, 9.17) is 11.6 Å². The molecule has 0 bridgehead atoms. The molecule has 1 aromatic carbocycles. The van der Waals surface area contributed by atoms with E-state index in [-0.39, 0.29) is 11.7 Å². The Morgan fingerprint density at radius 2 is 1.88 bits per heavy atom. The van der Waals surface area contributed by atoms with Crippen LogP contribution < -0.4 is 0 Å². The molecule has 2 aromatic rings. The first-order valence-corrected chi connectivity index (χ1v) is 8.30. The molecule has 1 amide bonds. The lowest BCUT2D eigenvalue weighted by Gasteiger charge is -2.34. The molecule has 126 valence electrons. The number of rotatable bonds is 3. The van der Waals surface area contributed by atoms with Crippen molar-refractivity contribution in [3.63, 3.8) is 0 Å². The Bertz CT molecular complexity index is 725. The Hall–Kier alpha value is -1.98. The largest absolute Gasteiger partial charge is 0.335 e. The molecule has 0 aliphatic carbocycles. The van der Waals surface area contributed by atoms with Gasteiger partial charge in [-0.1, -0.05) is 23.7 Å². The number of pyridine rings is 1. The molecule has 1 saturated heterocycles. The molecular weight excluding hydrogens is 329 g/mol. The van der Waals surface area contributed by atoms with Gasteiger partial charge in [0.2, 0.25) is 0 Å². The fourth-order valence-corrected chi connectivity index (χ4v) is 3.06. The fraction of sp³-hybridized carbons (Fsp3) is 0.333. The van der Waals surface area contributed by atoms with E-state index in [1.54, 1.807) is 23.1 Å². The monoisotopic (exact) mass is 347 g/mol. The van der Waals surface area contributed by atoms with E-state index in [1.807, 2.05) is 19.1 Å². The van der Waals surface area contributed by atoms with Crippen molar-refractivity contribution in [2.45, 2.75) is 13.5 Å². The third kappa shape index (κ3) is 3.74. The average molecular weight is 348 g/mol. The van der Waals surface area contributed by atoms with E-state index < -0.39 is 0 Å². The van der Waals surface area contributed by atoms with Crippen LogP contribution in [-0.4, -0.2) is 46.9 Å². The Morgan fingerprint density at radius 3 is 2.54 bits per heavy atom. The van der Waals surface area contributed by atoms with Crippen molar-refractivity contribution in [2.24, 2.45) is 0 Å². The van der Waals surface area contributed by atoms with Gasteiger partial charge in [0, 0.05) is 49.0 Å². The van der Waals surface area contributed by atoms with E-state index in [1.165, 1.54) is 6.07 Å². The van der Waals surface area contributed by atoms with E-state index in [9.17, 15) is 9.18 Å². The molecule has 1 aliphatic rings. The predicted octanol–water partition coefficient (Wildman–Crippen LogP) is 3.14. The van der Waals surface area contributed by atoms with Gasteiger partial charge in [-0.05, 0) is 31.2 Å². The lowest BCUT2D eigenvalue weighted by Crippen LogP contribution is -2.48. The molecule has 24 heavy (non-hydrogen) atoms. The van der Waals surface area contributed by atoms with Crippen LogP contribution in [0.4, 0.5) is 4.39 Å². The van der Waals surface area contributed by atoms with E-state index in [0.717, 1.165) is 5.69 Å². The number of aromatic nitrogens is 1. The first kappa shape index (κ1) is 16.9. The maximum Gasteiger partial charge on any atom is 0.272 e. The molecule has 0 spiro atoms. The van der Waals surface area contributed by atoms with Gasteiger partial charge in [0.05, 0.1) is 0 Å². The van der Waals surface area contributed by atoms with Crippen LogP contribution in [0.2, 0.25) is 5.02 Å². The summed E-state index contributed by atoms with van der Waals surface area (Å²) in [6, 6.07) is 10.2.